The zero-order valence-electron chi connectivity index (χ0n) is 69.3. The number of carbonyl (C=O) groups excluding carboxylic acids is 7. The molecule has 598 valence electrons. The number of hydrogen-bond donors (Lipinski definition) is 7. The Labute approximate surface area is 626 Å². The maximum Gasteiger partial charge on any atom is 0.335 e. The molecule has 0 saturated heterocycles. The summed E-state index contributed by atoms with van der Waals surface area (Å²) in [6.07, 6.45) is 5.07. The van der Waals surface area contributed by atoms with Gasteiger partial charge in [-0.3, -0.25) is 33.6 Å². The second-order valence-electron chi connectivity index (χ2n) is 39.4. The van der Waals surface area contributed by atoms with E-state index in [1.54, 1.807) is 24.3 Å². The first-order chi connectivity index (χ1) is 47.1. The number of ether oxygens (including phenoxy) is 5. The van der Waals surface area contributed by atoms with Gasteiger partial charge in [0.2, 0.25) is 57.1 Å². The third-order valence-electron chi connectivity index (χ3n) is 17.7. The zero-order chi connectivity index (χ0) is 79.8. The van der Waals surface area contributed by atoms with Gasteiger partial charge in [0, 0.05) is 109 Å². The van der Waals surface area contributed by atoms with E-state index in [1.807, 2.05) is 111 Å². The van der Waals surface area contributed by atoms with Crippen LogP contribution in [0.5, 0.6) is 5.75 Å². The summed E-state index contributed by atoms with van der Waals surface area (Å²) < 4.78 is 59.6. The van der Waals surface area contributed by atoms with Crippen LogP contribution in [0.25, 0.3) is 11.5 Å². The molecule has 0 aliphatic rings. The highest BCUT2D eigenvalue weighted by Crippen LogP contribution is 2.34. The summed E-state index contributed by atoms with van der Waals surface area (Å²) in [5.41, 5.74) is -3.88. The molecule has 24 nitrogen and oxygen atoms in total. The highest BCUT2D eigenvalue weighted by molar-refractivity contribution is 7.90. The first-order valence-corrected chi connectivity index (χ1v) is 39.0. The molecular weight excluding hydrogens is 1350 g/mol. The summed E-state index contributed by atoms with van der Waals surface area (Å²) in [6.45, 7) is 57.1. The zero-order valence-corrected chi connectivity index (χ0v) is 70.1. The quantitative estimate of drug-likeness (QED) is 0.0303. The molecule has 25 heteroatoms. The fourth-order valence-electron chi connectivity index (χ4n) is 10.6. The molecule has 0 aliphatic carbocycles. The molecule has 0 atom stereocenters. The van der Waals surface area contributed by atoms with Gasteiger partial charge in [-0.2, -0.15) is 0 Å². The van der Waals surface area contributed by atoms with Crippen molar-refractivity contribution < 1.29 is 70.1 Å². The second kappa shape index (κ2) is 39.4. The summed E-state index contributed by atoms with van der Waals surface area (Å²) in [6, 6.07) is 6.52. The number of carbonyl (C=O) groups is 7. The highest BCUT2D eigenvalue weighted by Gasteiger charge is 2.36. The average Bonchev–Trinajstić information content (AvgIpc) is 1.69. The van der Waals surface area contributed by atoms with Crippen molar-refractivity contribution in [2.24, 2.45) is 70.9 Å². The molecule has 2 aromatic rings. The Morgan fingerprint density at radius 3 is 1.02 bits per heavy atom. The first kappa shape index (κ1) is 94.3. The van der Waals surface area contributed by atoms with Gasteiger partial charge in [-0.05, 0) is 82.4 Å². The van der Waals surface area contributed by atoms with E-state index in [4.69, 9.17) is 28.1 Å². The lowest BCUT2D eigenvalue weighted by Gasteiger charge is -2.32. The fourth-order valence-corrected chi connectivity index (χ4v) is 11.0. The number of nitrogens with zero attached hydrogens (tertiary/aromatic N) is 2. The fraction of sp³-hybridized carbons (Fsp3) is 0.810. The third kappa shape index (κ3) is 40.8. The van der Waals surface area contributed by atoms with Crippen molar-refractivity contribution in [1.29, 1.82) is 0 Å². The summed E-state index contributed by atoms with van der Waals surface area (Å²) in [5, 5.41) is 28.0. The second-order valence-corrected chi connectivity index (χ2v) is 41.3. The van der Waals surface area contributed by atoms with Crippen molar-refractivity contribution in [2.45, 2.75) is 237 Å². The van der Waals surface area contributed by atoms with Crippen LogP contribution in [0.2, 0.25) is 0 Å². The van der Waals surface area contributed by atoms with E-state index in [-0.39, 0.29) is 128 Å². The van der Waals surface area contributed by atoms with E-state index in [1.165, 1.54) is 0 Å². The van der Waals surface area contributed by atoms with Crippen molar-refractivity contribution >= 4 is 51.2 Å². The van der Waals surface area contributed by atoms with E-state index in [2.05, 4.69) is 117 Å². The number of amides is 7. The van der Waals surface area contributed by atoms with Gasteiger partial charge in [0.15, 0.2) is 0 Å². The SMILES string of the molecule is CC(C)(C)CCC(C)(C)C(=O)NCC(C)(C)COCC(C)(C)CC(=O)NCC(C)(C)COCC(C)(C)CC(=O)NCC(CNC(=O)CC(C)(C)COCC(C)(C)CNC(=O)CC(C)(C)COCC(C)(C)CNC(=O)C(C)(C)CCC(C)(C)C)C(=O)NCCOc1ccc(-c2nnc(S(C)(=O)=O)o2)cc1. The number of hydrogen-bond acceptors (Lipinski definition) is 17. The Balaban J connectivity index is 1.97. The smallest absolute Gasteiger partial charge is 0.335 e. The van der Waals surface area contributed by atoms with E-state index in [0.29, 0.717) is 77.1 Å². The van der Waals surface area contributed by atoms with Crippen LogP contribution in [-0.4, -0.2) is 171 Å². The molecule has 0 fully saturated rings. The van der Waals surface area contributed by atoms with Crippen LogP contribution in [0.4, 0.5) is 0 Å². The maximum atomic E-state index is 13.9. The van der Waals surface area contributed by atoms with Crippen LogP contribution < -0.4 is 42.0 Å². The number of nitrogens with one attached hydrogen (secondary N) is 7. The Kier molecular flexibility index (Phi) is 35.7. The number of rotatable bonds is 49. The maximum absolute atomic E-state index is 13.9. The molecule has 104 heavy (non-hydrogen) atoms. The van der Waals surface area contributed by atoms with Crippen LogP contribution in [-0.2, 0) is 62.3 Å². The number of aromatic nitrogens is 2. The Morgan fingerprint density at radius 2 is 0.712 bits per heavy atom. The van der Waals surface area contributed by atoms with Crippen LogP contribution in [0.3, 0.4) is 0 Å². The highest BCUT2D eigenvalue weighted by atomic mass is 32.2. The molecule has 0 spiro atoms. The molecule has 0 bridgehead atoms. The first-order valence-electron chi connectivity index (χ1n) is 37.1. The van der Waals surface area contributed by atoms with Gasteiger partial charge in [-0.25, -0.2) is 8.42 Å². The largest absolute Gasteiger partial charge is 0.492 e. The molecule has 1 aromatic heterocycles. The van der Waals surface area contributed by atoms with Gasteiger partial charge >= 0.3 is 5.22 Å². The molecule has 0 saturated carbocycles. The van der Waals surface area contributed by atoms with Crippen molar-refractivity contribution in [3.8, 4) is 17.2 Å². The molecular formula is C79H141N9O15S. The molecule has 7 N–H and O–H groups in total. The van der Waals surface area contributed by atoms with Gasteiger partial charge in [-0.1, -0.05) is 185 Å². The molecule has 1 heterocycles. The number of sulfone groups is 1. The predicted octanol–water partition coefficient (Wildman–Crippen LogP) is 11.5. The van der Waals surface area contributed by atoms with E-state index in [9.17, 15) is 42.0 Å². The minimum atomic E-state index is -3.69. The summed E-state index contributed by atoms with van der Waals surface area (Å²) in [7, 11) is -3.69. The van der Waals surface area contributed by atoms with Crippen molar-refractivity contribution in [3.05, 3.63) is 24.3 Å². The molecule has 1 aromatic carbocycles. The summed E-state index contributed by atoms with van der Waals surface area (Å²) >= 11 is 0. The molecule has 2 rings (SSSR count). The third-order valence-corrected chi connectivity index (χ3v) is 18.5. The van der Waals surface area contributed by atoms with Crippen LogP contribution in [0.15, 0.2) is 33.9 Å². The minimum Gasteiger partial charge on any atom is -0.492 e. The summed E-state index contributed by atoms with van der Waals surface area (Å²) in [4.78, 5) is 94.0. The van der Waals surface area contributed by atoms with Gasteiger partial charge < -0.3 is 65.3 Å². The molecule has 0 unspecified atom stereocenters. The van der Waals surface area contributed by atoms with Crippen LogP contribution in [0.1, 0.15) is 231 Å². The van der Waals surface area contributed by atoms with Crippen LogP contribution in [0, 0.1) is 70.9 Å². The number of benzene rings is 1. The monoisotopic (exact) mass is 1490 g/mol. The predicted molar refractivity (Wildman–Crippen MR) is 410 cm³/mol. The van der Waals surface area contributed by atoms with Gasteiger partial charge in [0.1, 0.15) is 12.4 Å². The topological polar surface area (TPSA) is 323 Å². The van der Waals surface area contributed by atoms with E-state index in [0.717, 1.165) is 31.9 Å². The molecule has 0 aliphatic heterocycles. The lowest BCUT2D eigenvalue weighted by molar-refractivity contribution is -0.131. The lowest BCUT2D eigenvalue weighted by atomic mass is 9.79. The van der Waals surface area contributed by atoms with Crippen molar-refractivity contribution in [1.82, 2.24) is 47.4 Å². The Hall–Kier alpha value is -5.76. The summed E-state index contributed by atoms with van der Waals surface area (Å²) in [5.74, 6) is -1.64. The van der Waals surface area contributed by atoms with E-state index >= 15 is 0 Å². The van der Waals surface area contributed by atoms with Crippen molar-refractivity contribution in [3.63, 3.8) is 0 Å². The van der Waals surface area contributed by atoms with E-state index < -0.39 is 70.2 Å². The average molecular weight is 1490 g/mol. The Morgan fingerprint density at radius 1 is 0.404 bits per heavy atom. The molecule has 7 amide bonds. The van der Waals surface area contributed by atoms with Gasteiger partial charge in [0.25, 0.3) is 0 Å². The normalized spacial score (nSPS) is 13.5. The lowest BCUT2D eigenvalue weighted by Crippen LogP contribution is -2.46. The van der Waals surface area contributed by atoms with Crippen molar-refractivity contribution in [2.75, 3.05) is 112 Å². The molecule has 0 radical (unpaired) electrons. The Bertz CT molecular complexity index is 3030. The standard InChI is InChI=1S/C79H141N9O15S/c1-68(2,3)32-34-78(23,24)65(94)85-46-76(19,20)54-100-50-72(11,12)40-61(91)83-44-74(15,16)52-98-48-70(7,8)38-59(89)81-42-57(63(93)80-36-37-102-58-30-28-56(29-31-58)64-87-88-67(103-64)104(27,96)97)43-82-60(90)39-71(9,10)49-99-53-75(17,18)45-84-62(92)41-73(13,14)51-101-55-77(21,22)47-86-66(95)79(25,26)35-33-69(4,5)6/h28-31,57H,32-55H2,1-27H3,(H,80,93)(H,81,89)(H,82,90)(H,83,91)(H,84,92)(H,85,94)(H,86,95). The van der Waals surface area contributed by atoms with Gasteiger partial charge in [-0.15, -0.1) is 5.10 Å². The minimum absolute atomic E-state index is 0.0188. The van der Waals surface area contributed by atoms with Gasteiger partial charge in [0.05, 0.1) is 65.3 Å². The van der Waals surface area contributed by atoms with Crippen LogP contribution >= 0.6 is 0 Å².